The largest absolute Gasteiger partial charge is 0.351 e. The lowest BCUT2D eigenvalue weighted by Gasteiger charge is -2.45. The first-order valence-electron chi connectivity index (χ1n) is 9.55. The van der Waals surface area contributed by atoms with E-state index in [2.05, 4.69) is 30.4 Å². The number of nitrogens with zero attached hydrogens (tertiary/aromatic N) is 6. The maximum atomic E-state index is 12.3. The molecule has 1 aliphatic rings. The van der Waals surface area contributed by atoms with Crippen LogP contribution in [-0.2, 0) is 4.79 Å². The van der Waals surface area contributed by atoms with E-state index in [1.807, 2.05) is 37.6 Å². The summed E-state index contributed by atoms with van der Waals surface area (Å²) < 4.78 is 1.73. The van der Waals surface area contributed by atoms with Crippen molar-refractivity contribution in [3.63, 3.8) is 0 Å². The average Bonchev–Trinajstić information content (AvgIpc) is 3.31. The molecule has 0 unspecified atom stereocenters. The Morgan fingerprint density at radius 3 is 2.97 bits per heavy atom. The summed E-state index contributed by atoms with van der Waals surface area (Å²) in [6, 6.07) is 4.18. The van der Waals surface area contributed by atoms with Crippen LogP contribution in [0.25, 0.3) is 27.8 Å². The molecule has 0 radical (unpaired) electrons. The summed E-state index contributed by atoms with van der Waals surface area (Å²) in [6.45, 7) is 2.01. The third-order valence-electron chi connectivity index (χ3n) is 5.67. The van der Waals surface area contributed by atoms with Gasteiger partial charge in [-0.15, -0.1) is 0 Å². The minimum atomic E-state index is -0.300. The highest BCUT2D eigenvalue weighted by Crippen LogP contribution is 2.43. The summed E-state index contributed by atoms with van der Waals surface area (Å²) in [5.41, 5.74) is 3.30. The van der Waals surface area contributed by atoms with Gasteiger partial charge in [-0.25, -0.2) is 14.5 Å². The molecule has 29 heavy (non-hydrogen) atoms. The number of anilines is 1. The molecule has 4 heterocycles. The molecule has 0 atom stereocenters. The van der Waals surface area contributed by atoms with E-state index < -0.39 is 0 Å². The number of hydrogen-bond donors (Lipinski definition) is 2. The van der Waals surface area contributed by atoms with Gasteiger partial charge in [0.05, 0.1) is 5.41 Å². The first-order valence-corrected chi connectivity index (χ1v) is 9.55. The van der Waals surface area contributed by atoms with Gasteiger partial charge in [0.2, 0.25) is 11.9 Å². The van der Waals surface area contributed by atoms with E-state index in [1.165, 1.54) is 6.33 Å². The normalized spacial score (nSPS) is 21.3. The lowest BCUT2D eigenvalue weighted by atomic mass is 9.66. The molecule has 5 rings (SSSR count). The highest BCUT2D eigenvalue weighted by atomic mass is 16.2. The van der Waals surface area contributed by atoms with Crippen molar-refractivity contribution in [3.8, 4) is 11.1 Å². The van der Waals surface area contributed by atoms with Crippen molar-refractivity contribution in [1.29, 1.82) is 0 Å². The van der Waals surface area contributed by atoms with Crippen molar-refractivity contribution in [2.24, 2.45) is 5.41 Å². The number of carbonyl (C=O) groups excluding carboxylic acids is 1. The van der Waals surface area contributed by atoms with Crippen LogP contribution in [0.3, 0.4) is 0 Å². The van der Waals surface area contributed by atoms with Crippen molar-refractivity contribution < 1.29 is 4.79 Å². The zero-order valence-corrected chi connectivity index (χ0v) is 16.5. The van der Waals surface area contributed by atoms with Crippen molar-refractivity contribution in [2.75, 3.05) is 19.4 Å². The molecular weight excluding hydrogens is 368 g/mol. The second-order valence-corrected chi connectivity index (χ2v) is 8.15. The van der Waals surface area contributed by atoms with E-state index in [9.17, 15) is 4.79 Å². The second-order valence-electron chi connectivity index (χ2n) is 8.15. The topological polar surface area (TPSA) is 104 Å². The Hall–Kier alpha value is -3.49. The molecule has 1 saturated carbocycles. The number of pyridine rings is 1. The fourth-order valence-electron chi connectivity index (χ4n) is 4.23. The van der Waals surface area contributed by atoms with Gasteiger partial charge < -0.3 is 15.2 Å². The molecule has 1 aliphatic carbocycles. The van der Waals surface area contributed by atoms with Gasteiger partial charge in [-0.05, 0) is 30.5 Å². The Morgan fingerprint density at radius 2 is 2.17 bits per heavy atom. The van der Waals surface area contributed by atoms with Gasteiger partial charge in [0.15, 0.2) is 5.65 Å². The van der Waals surface area contributed by atoms with Crippen LogP contribution in [0.1, 0.15) is 19.8 Å². The molecule has 0 saturated heterocycles. The van der Waals surface area contributed by atoms with Gasteiger partial charge >= 0.3 is 0 Å². The molecule has 1 fully saturated rings. The number of amides is 1. The van der Waals surface area contributed by atoms with E-state index in [1.54, 1.807) is 23.5 Å². The van der Waals surface area contributed by atoms with Crippen molar-refractivity contribution in [1.82, 2.24) is 34.4 Å². The number of H-pyrrole nitrogens is 1. The second kappa shape index (κ2) is 6.26. The van der Waals surface area contributed by atoms with Gasteiger partial charge in [0.25, 0.3) is 0 Å². The lowest BCUT2D eigenvalue weighted by molar-refractivity contribution is -0.143. The van der Waals surface area contributed by atoms with Crippen LogP contribution in [0.4, 0.5) is 5.95 Å². The molecule has 9 nitrogen and oxygen atoms in total. The number of aromatic amines is 1. The van der Waals surface area contributed by atoms with Gasteiger partial charge in [0, 0.05) is 49.7 Å². The highest BCUT2D eigenvalue weighted by molar-refractivity contribution is 5.94. The Balaban J connectivity index is 1.35. The minimum absolute atomic E-state index is 0.172. The summed E-state index contributed by atoms with van der Waals surface area (Å²) in [4.78, 5) is 30.5. The van der Waals surface area contributed by atoms with E-state index in [0.717, 1.165) is 40.6 Å². The maximum absolute atomic E-state index is 12.3. The van der Waals surface area contributed by atoms with E-state index >= 15 is 0 Å². The zero-order chi connectivity index (χ0) is 20.2. The predicted molar refractivity (Wildman–Crippen MR) is 109 cm³/mol. The number of fused-ring (bicyclic) bond motifs is 2. The number of aromatic nitrogens is 6. The SMILES string of the molecule is CN(C)C(=O)[C@]1(C)C[C@@H](Nc2ncc3c(-c4ccn5ncnc5c4)c[nH]c3n2)C1. The van der Waals surface area contributed by atoms with E-state index in [-0.39, 0.29) is 17.4 Å². The van der Waals surface area contributed by atoms with Crippen molar-refractivity contribution >= 4 is 28.5 Å². The van der Waals surface area contributed by atoms with Crippen LogP contribution < -0.4 is 5.32 Å². The van der Waals surface area contributed by atoms with Crippen LogP contribution in [0.15, 0.2) is 37.1 Å². The molecule has 148 valence electrons. The number of hydrogen-bond acceptors (Lipinski definition) is 6. The fourth-order valence-corrected chi connectivity index (χ4v) is 4.23. The van der Waals surface area contributed by atoms with Gasteiger partial charge in [-0.2, -0.15) is 10.1 Å². The fraction of sp³-hybridized carbons (Fsp3) is 0.350. The molecule has 2 N–H and O–H groups in total. The standard InChI is InChI=1S/C20H22N8O/c1-20(18(29)27(2)3)7-13(8-20)25-19-22-10-15-14(9-21-17(15)26-19)12-4-5-28-16(6-12)23-11-24-28/h4-6,9-11,13H,7-8H2,1-3H3,(H2,21,22,25,26)/t13-,20-. The predicted octanol–water partition coefficient (Wildman–Crippen LogP) is 2.34. The zero-order valence-electron chi connectivity index (χ0n) is 16.5. The molecule has 0 bridgehead atoms. The molecule has 0 aliphatic heterocycles. The lowest BCUT2D eigenvalue weighted by Crippen LogP contribution is -2.52. The van der Waals surface area contributed by atoms with Gasteiger partial charge in [-0.3, -0.25) is 4.79 Å². The minimum Gasteiger partial charge on any atom is -0.351 e. The molecule has 9 heteroatoms. The highest BCUT2D eigenvalue weighted by Gasteiger charge is 2.47. The monoisotopic (exact) mass is 390 g/mol. The summed E-state index contributed by atoms with van der Waals surface area (Å²) in [5, 5.41) is 8.43. The first-order chi connectivity index (χ1) is 13.9. The smallest absolute Gasteiger partial charge is 0.228 e. The Labute approximate surface area is 167 Å². The Kier molecular flexibility index (Phi) is 3.80. The number of rotatable bonds is 4. The molecule has 0 spiro atoms. The molecule has 1 amide bonds. The van der Waals surface area contributed by atoms with Crippen molar-refractivity contribution in [3.05, 3.63) is 37.1 Å². The Bertz CT molecular complexity index is 1220. The van der Waals surface area contributed by atoms with Gasteiger partial charge in [0.1, 0.15) is 12.0 Å². The summed E-state index contributed by atoms with van der Waals surface area (Å²) >= 11 is 0. The third-order valence-corrected chi connectivity index (χ3v) is 5.67. The van der Waals surface area contributed by atoms with Crippen LogP contribution in [0.5, 0.6) is 0 Å². The van der Waals surface area contributed by atoms with Crippen LogP contribution >= 0.6 is 0 Å². The molecular formula is C20H22N8O. The number of nitrogens with one attached hydrogen (secondary N) is 2. The number of carbonyl (C=O) groups is 1. The molecule has 4 aromatic heterocycles. The summed E-state index contributed by atoms with van der Waals surface area (Å²) in [6.07, 6.45) is 8.73. The quantitative estimate of drug-likeness (QED) is 0.554. The molecule has 4 aromatic rings. The molecule has 0 aromatic carbocycles. The first kappa shape index (κ1) is 17.6. The van der Waals surface area contributed by atoms with Crippen LogP contribution in [0.2, 0.25) is 0 Å². The summed E-state index contributed by atoms with van der Waals surface area (Å²) in [5.74, 6) is 0.744. The summed E-state index contributed by atoms with van der Waals surface area (Å²) in [7, 11) is 3.60. The third kappa shape index (κ3) is 2.89. The Morgan fingerprint density at radius 1 is 1.34 bits per heavy atom. The van der Waals surface area contributed by atoms with Crippen LogP contribution in [-0.4, -0.2) is 60.5 Å². The van der Waals surface area contributed by atoms with Crippen molar-refractivity contribution in [2.45, 2.75) is 25.8 Å². The average molecular weight is 390 g/mol. The van der Waals surface area contributed by atoms with E-state index in [4.69, 9.17) is 0 Å². The van der Waals surface area contributed by atoms with Crippen LogP contribution in [0, 0.1) is 5.41 Å². The van der Waals surface area contributed by atoms with Gasteiger partial charge in [-0.1, -0.05) is 6.92 Å². The van der Waals surface area contributed by atoms with E-state index in [0.29, 0.717) is 5.95 Å². The maximum Gasteiger partial charge on any atom is 0.228 e.